The summed E-state index contributed by atoms with van der Waals surface area (Å²) in [7, 11) is 0. The van der Waals surface area contributed by atoms with Crippen LogP contribution in [0.2, 0.25) is 10.0 Å². The number of hydrogen-bond donors (Lipinski definition) is 2. The van der Waals surface area contributed by atoms with Gasteiger partial charge < -0.3 is 10.4 Å². The van der Waals surface area contributed by atoms with Crippen LogP contribution in [0, 0.1) is 0 Å². The summed E-state index contributed by atoms with van der Waals surface area (Å²) >= 11 is 13.6. The van der Waals surface area contributed by atoms with E-state index in [4.69, 9.17) is 28.3 Å². The predicted octanol–water partition coefficient (Wildman–Crippen LogP) is 4.53. The first-order valence-corrected chi connectivity index (χ1v) is 8.00. The van der Waals surface area contributed by atoms with E-state index in [2.05, 4.69) is 5.32 Å². The van der Waals surface area contributed by atoms with Crippen LogP contribution in [0.5, 0.6) is 0 Å². The molecule has 0 fully saturated rings. The number of rotatable bonds is 6. The highest BCUT2D eigenvalue weighted by molar-refractivity contribution is 7.12. The number of carboxylic acid groups (broad SMARTS) is 1. The minimum Gasteiger partial charge on any atom is -0.481 e. The molecule has 3 nitrogen and oxygen atoms in total. The minimum atomic E-state index is -0.808. The van der Waals surface area contributed by atoms with Crippen LogP contribution >= 0.6 is 34.5 Å². The fourth-order valence-electron chi connectivity index (χ4n) is 1.98. The molecule has 112 valence electrons. The van der Waals surface area contributed by atoms with Gasteiger partial charge in [0, 0.05) is 32.4 Å². The summed E-state index contributed by atoms with van der Waals surface area (Å²) in [6, 6.07) is 9.35. The number of carbonyl (C=O) groups is 1. The van der Waals surface area contributed by atoms with Crippen LogP contribution < -0.4 is 5.32 Å². The molecule has 0 bridgehead atoms. The lowest BCUT2D eigenvalue weighted by Gasteiger charge is -2.15. The highest BCUT2D eigenvalue weighted by Gasteiger charge is 2.11. The Balaban J connectivity index is 1.95. The molecule has 0 saturated heterocycles. The maximum Gasteiger partial charge on any atom is 0.308 e. The third-order valence-electron chi connectivity index (χ3n) is 3.05. The highest BCUT2D eigenvalue weighted by Crippen LogP contribution is 2.26. The van der Waals surface area contributed by atoms with Gasteiger partial charge >= 0.3 is 5.97 Å². The zero-order chi connectivity index (χ0) is 15.4. The summed E-state index contributed by atoms with van der Waals surface area (Å²) in [5.41, 5.74) is 0.989. The van der Waals surface area contributed by atoms with E-state index in [1.807, 2.05) is 31.2 Å². The molecular weight excluding hydrogens is 329 g/mol. The Morgan fingerprint density at radius 2 is 2.00 bits per heavy atom. The summed E-state index contributed by atoms with van der Waals surface area (Å²) in [5.74, 6) is -0.808. The Hall–Kier alpha value is -1.07. The maximum atomic E-state index is 10.7. The number of halogens is 2. The number of aliphatic carboxylic acids is 1. The monoisotopic (exact) mass is 343 g/mol. The first kappa shape index (κ1) is 16.3. The van der Waals surface area contributed by atoms with Crippen molar-refractivity contribution >= 4 is 40.5 Å². The van der Waals surface area contributed by atoms with Crippen LogP contribution in [0.25, 0.3) is 0 Å². The van der Waals surface area contributed by atoms with Crippen molar-refractivity contribution < 1.29 is 9.90 Å². The van der Waals surface area contributed by atoms with Crippen molar-refractivity contribution in [1.82, 2.24) is 5.32 Å². The van der Waals surface area contributed by atoms with Gasteiger partial charge in [0.2, 0.25) is 0 Å². The second-order valence-electron chi connectivity index (χ2n) is 4.71. The summed E-state index contributed by atoms with van der Waals surface area (Å²) in [5, 5.41) is 13.4. The Kier molecular flexibility index (Phi) is 5.65. The van der Waals surface area contributed by atoms with Gasteiger partial charge in [-0.25, -0.2) is 0 Å². The molecule has 0 aliphatic heterocycles. The molecule has 0 amide bonds. The molecule has 1 unspecified atom stereocenters. The summed E-state index contributed by atoms with van der Waals surface area (Å²) in [4.78, 5) is 12.6. The number of hydrogen-bond acceptors (Lipinski definition) is 3. The van der Waals surface area contributed by atoms with Crippen molar-refractivity contribution in [2.45, 2.75) is 25.9 Å². The molecule has 0 aliphatic rings. The second-order valence-corrected chi connectivity index (χ2v) is 6.80. The fourth-order valence-corrected chi connectivity index (χ4v) is 3.51. The van der Waals surface area contributed by atoms with Crippen molar-refractivity contribution in [2.24, 2.45) is 0 Å². The van der Waals surface area contributed by atoms with Crippen LogP contribution in [-0.2, 0) is 17.8 Å². The van der Waals surface area contributed by atoms with Crippen molar-refractivity contribution in [3.05, 3.63) is 55.7 Å². The van der Waals surface area contributed by atoms with Gasteiger partial charge in [0.1, 0.15) is 0 Å². The minimum absolute atomic E-state index is 0.0727. The van der Waals surface area contributed by atoms with Crippen molar-refractivity contribution in [1.29, 1.82) is 0 Å². The van der Waals surface area contributed by atoms with E-state index in [0.29, 0.717) is 16.6 Å². The predicted molar refractivity (Wildman–Crippen MR) is 87.4 cm³/mol. The lowest BCUT2D eigenvalue weighted by molar-refractivity contribution is -0.136. The molecule has 1 atom stereocenters. The molecule has 21 heavy (non-hydrogen) atoms. The summed E-state index contributed by atoms with van der Waals surface area (Å²) in [6.07, 6.45) is 0.0727. The largest absolute Gasteiger partial charge is 0.481 e. The van der Waals surface area contributed by atoms with Gasteiger partial charge in [0.15, 0.2) is 0 Å². The molecule has 0 radical (unpaired) electrons. The highest BCUT2D eigenvalue weighted by atomic mass is 35.5. The molecule has 2 N–H and O–H groups in total. The average molecular weight is 344 g/mol. The Bertz CT molecular complexity index is 642. The van der Waals surface area contributed by atoms with E-state index in [0.717, 1.165) is 15.3 Å². The molecule has 2 rings (SSSR count). The standard InChI is InChI=1S/C15H15Cl2NO2S/c1-9(13-5-2-10(16)6-14(13)17)18-8-12-4-3-11(21-12)7-15(19)20/h2-6,9,18H,7-8H2,1H3,(H,19,20). The first-order valence-electron chi connectivity index (χ1n) is 6.43. The molecule has 2 aromatic rings. The van der Waals surface area contributed by atoms with E-state index in [-0.39, 0.29) is 12.5 Å². The molecule has 1 aromatic carbocycles. The molecule has 1 heterocycles. The molecule has 0 saturated carbocycles. The zero-order valence-electron chi connectivity index (χ0n) is 11.4. The second kappa shape index (κ2) is 7.27. The normalized spacial score (nSPS) is 12.3. The smallest absolute Gasteiger partial charge is 0.308 e. The lowest BCUT2D eigenvalue weighted by atomic mass is 10.1. The molecule has 1 aromatic heterocycles. The van der Waals surface area contributed by atoms with Gasteiger partial charge in [-0.2, -0.15) is 0 Å². The van der Waals surface area contributed by atoms with Crippen molar-refractivity contribution in [3.63, 3.8) is 0 Å². The summed E-state index contributed by atoms with van der Waals surface area (Å²) < 4.78 is 0. The van der Waals surface area contributed by atoms with Gasteiger partial charge in [0.05, 0.1) is 6.42 Å². The zero-order valence-corrected chi connectivity index (χ0v) is 13.7. The van der Waals surface area contributed by atoms with Gasteiger partial charge in [-0.05, 0) is 36.8 Å². The van der Waals surface area contributed by atoms with Crippen LogP contribution in [0.3, 0.4) is 0 Å². The molecular formula is C15H15Cl2NO2S. The van der Waals surface area contributed by atoms with E-state index in [1.165, 1.54) is 11.3 Å². The summed E-state index contributed by atoms with van der Waals surface area (Å²) in [6.45, 7) is 2.70. The number of carboxylic acids is 1. The fraction of sp³-hybridized carbons (Fsp3) is 0.267. The van der Waals surface area contributed by atoms with E-state index >= 15 is 0 Å². The third-order valence-corrected chi connectivity index (χ3v) is 4.70. The Labute approximate surface area is 137 Å². The molecule has 0 spiro atoms. The average Bonchev–Trinajstić information content (AvgIpc) is 2.82. The first-order chi connectivity index (χ1) is 9.95. The quantitative estimate of drug-likeness (QED) is 0.809. The van der Waals surface area contributed by atoms with Crippen LogP contribution in [0.4, 0.5) is 0 Å². The SMILES string of the molecule is CC(NCc1ccc(CC(=O)O)s1)c1ccc(Cl)cc1Cl. The van der Waals surface area contributed by atoms with Gasteiger partial charge in [0.25, 0.3) is 0 Å². The van der Waals surface area contributed by atoms with E-state index < -0.39 is 5.97 Å². The number of thiophene rings is 1. The Morgan fingerprint density at radius 1 is 1.29 bits per heavy atom. The molecule has 0 aliphatic carbocycles. The maximum absolute atomic E-state index is 10.7. The topological polar surface area (TPSA) is 49.3 Å². The lowest BCUT2D eigenvalue weighted by Crippen LogP contribution is -2.17. The van der Waals surface area contributed by atoms with Gasteiger partial charge in [-0.3, -0.25) is 4.79 Å². The number of nitrogens with one attached hydrogen (secondary N) is 1. The van der Waals surface area contributed by atoms with E-state index in [9.17, 15) is 4.79 Å². The third kappa shape index (κ3) is 4.71. The van der Waals surface area contributed by atoms with Crippen LogP contribution in [0.15, 0.2) is 30.3 Å². The van der Waals surface area contributed by atoms with Crippen molar-refractivity contribution in [3.8, 4) is 0 Å². The number of benzene rings is 1. The Morgan fingerprint density at radius 3 is 2.67 bits per heavy atom. The van der Waals surface area contributed by atoms with Crippen LogP contribution in [0.1, 0.15) is 28.3 Å². The van der Waals surface area contributed by atoms with E-state index in [1.54, 1.807) is 6.07 Å². The van der Waals surface area contributed by atoms with Gasteiger partial charge in [-0.1, -0.05) is 29.3 Å². The molecule has 6 heteroatoms. The van der Waals surface area contributed by atoms with Crippen molar-refractivity contribution in [2.75, 3.05) is 0 Å². The van der Waals surface area contributed by atoms with Crippen LogP contribution in [-0.4, -0.2) is 11.1 Å². The van der Waals surface area contributed by atoms with Gasteiger partial charge in [-0.15, -0.1) is 11.3 Å².